The lowest BCUT2D eigenvalue weighted by Gasteiger charge is -2.05. The van der Waals surface area contributed by atoms with Gasteiger partial charge in [0.15, 0.2) is 0 Å². The normalized spacial score (nSPS) is 11.0. The van der Waals surface area contributed by atoms with Gasteiger partial charge in [-0.1, -0.05) is 6.07 Å². The van der Waals surface area contributed by atoms with E-state index in [1.54, 1.807) is 7.11 Å². The first-order chi connectivity index (χ1) is 10.8. The fourth-order valence-electron chi connectivity index (χ4n) is 2.79. The highest BCUT2D eigenvalue weighted by Gasteiger charge is 2.14. The van der Waals surface area contributed by atoms with Gasteiger partial charge in [0.2, 0.25) is 0 Å². The van der Waals surface area contributed by atoms with Gasteiger partial charge in [-0.2, -0.15) is 0 Å². The second-order valence-electron chi connectivity index (χ2n) is 5.35. The first kappa shape index (κ1) is 14.6. The van der Waals surface area contributed by atoms with Crippen LogP contribution >= 0.6 is 0 Å². The lowest BCUT2D eigenvalue weighted by molar-refractivity contribution is 0.415. The molecule has 0 unspecified atom stereocenters. The van der Waals surface area contributed by atoms with Gasteiger partial charge in [0, 0.05) is 17.1 Å². The predicted octanol–water partition coefficient (Wildman–Crippen LogP) is 3.52. The van der Waals surface area contributed by atoms with E-state index in [0.29, 0.717) is 0 Å². The first-order valence-electron chi connectivity index (χ1n) is 7.63. The number of ether oxygens (including phenoxy) is 1. The van der Waals surface area contributed by atoms with E-state index in [4.69, 9.17) is 10.5 Å². The molecule has 0 bridgehead atoms. The van der Waals surface area contributed by atoms with Crippen molar-refractivity contribution in [2.24, 2.45) is 5.73 Å². The zero-order valence-electron chi connectivity index (χ0n) is 12.8. The van der Waals surface area contributed by atoms with Gasteiger partial charge in [0.25, 0.3) is 0 Å². The Hall–Kier alpha value is -2.33. The van der Waals surface area contributed by atoms with Crippen LogP contribution in [0.5, 0.6) is 5.75 Å². The van der Waals surface area contributed by atoms with Crippen molar-refractivity contribution in [3.63, 3.8) is 0 Å². The molecule has 2 aromatic heterocycles. The quantitative estimate of drug-likeness (QED) is 0.684. The van der Waals surface area contributed by atoms with Crippen LogP contribution in [-0.4, -0.2) is 23.6 Å². The van der Waals surface area contributed by atoms with E-state index in [-0.39, 0.29) is 0 Å². The van der Waals surface area contributed by atoms with Crippen molar-refractivity contribution in [3.05, 3.63) is 48.2 Å². The maximum absolute atomic E-state index is 5.64. The Kier molecular flexibility index (Phi) is 4.39. The molecule has 1 aromatic carbocycles. The van der Waals surface area contributed by atoms with Crippen molar-refractivity contribution in [1.29, 1.82) is 0 Å². The van der Waals surface area contributed by atoms with Crippen LogP contribution in [0, 0.1) is 0 Å². The number of nitrogens with two attached hydrogens (primary N) is 1. The summed E-state index contributed by atoms with van der Waals surface area (Å²) < 4.78 is 5.37. The molecule has 4 nitrogen and oxygen atoms in total. The van der Waals surface area contributed by atoms with Gasteiger partial charge in [-0.05, 0) is 61.7 Å². The Morgan fingerprint density at radius 2 is 2.09 bits per heavy atom. The van der Waals surface area contributed by atoms with Crippen LogP contribution in [0.4, 0.5) is 0 Å². The lowest BCUT2D eigenvalue weighted by atomic mass is 10.0. The third kappa shape index (κ3) is 2.83. The number of aromatic amines is 1. The average molecular weight is 295 g/mol. The summed E-state index contributed by atoms with van der Waals surface area (Å²) in [5.74, 6) is 0.874. The summed E-state index contributed by atoms with van der Waals surface area (Å²) >= 11 is 0. The fraction of sp³-hybridized carbons (Fsp3) is 0.278. The molecular formula is C18H21N3O. The largest absolute Gasteiger partial charge is 0.497 e. The summed E-state index contributed by atoms with van der Waals surface area (Å²) in [5.41, 5.74) is 10.1. The summed E-state index contributed by atoms with van der Waals surface area (Å²) in [5, 5.41) is 1.21. The lowest BCUT2D eigenvalue weighted by Crippen LogP contribution is -1.99. The molecule has 22 heavy (non-hydrogen) atoms. The zero-order valence-corrected chi connectivity index (χ0v) is 12.8. The van der Waals surface area contributed by atoms with E-state index in [1.165, 1.54) is 10.9 Å². The molecule has 0 saturated carbocycles. The van der Waals surface area contributed by atoms with E-state index in [1.807, 2.05) is 30.5 Å². The van der Waals surface area contributed by atoms with Crippen LogP contribution in [-0.2, 0) is 6.42 Å². The maximum Gasteiger partial charge on any atom is 0.119 e. The Morgan fingerprint density at radius 3 is 2.82 bits per heavy atom. The smallest absolute Gasteiger partial charge is 0.119 e. The third-order valence-electron chi connectivity index (χ3n) is 3.92. The number of benzene rings is 1. The molecule has 0 aliphatic carbocycles. The van der Waals surface area contributed by atoms with Crippen molar-refractivity contribution in [1.82, 2.24) is 9.97 Å². The number of methoxy groups -OCH3 is 1. The van der Waals surface area contributed by atoms with Crippen LogP contribution in [0.15, 0.2) is 42.6 Å². The first-order valence-corrected chi connectivity index (χ1v) is 7.63. The molecule has 0 fully saturated rings. The van der Waals surface area contributed by atoms with Crippen molar-refractivity contribution in [2.75, 3.05) is 13.7 Å². The number of nitrogens with one attached hydrogen (secondary N) is 1. The van der Waals surface area contributed by atoms with Crippen molar-refractivity contribution < 1.29 is 4.74 Å². The molecule has 0 radical (unpaired) electrons. The summed E-state index contributed by atoms with van der Waals surface area (Å²) in [6, 6.07) is 12.1. The van der Waals surface area contributed by atoms with Gasteiger partial charge < -0.3 is 15.5 Å². The number of unbranched alkanes of at least 4 members (excludes halogenated alkanes) is 1. The molecule has 0 aliphatic rings. The van der Waals surface area contributed by atoms with Gasteiger partial charge in [-0.15, -0.1) is 0 Å². The highest BCUT2D eigenvalue weighted by molar-refractivity contribution is 5.91. The summed E-state index contributed by atoms with van der Waals surface area (Å²) in [6.45, 7) is 0.727. The van der Waals surface area contributed by atoms with Crippen molar-refractivity contribution >= 4 is 10.9 Å². The van der Waals surface area contributed by atoms with Gasteiger partial charge in [0.05, 0.1) is 18.5 Å². The summed E-state index contributed by atoms with van der Waals surface area (Å²) in [7, 11) is 1.70. The number of hydrogen-bond acceptors (Lipinski definition) is 3. The topological polar surface area (TPSA) is 63.9 Å². The Labute approximate surface area is 130 Å². The molecule has 0 saturated heterocycles. The van der Waals surface area contributed by atoms with Crippen LogP contribution in [0.3, 0.4) is 0 Å². The van der Waals surface area contributed by atoms with Gasteiger partial charge >= 0.3 is 0 Å². The molecule has 3 rings (SSSR count). The number of aromatic nitrogens is 2. The van der Waals surface area contributed by atoms with E-state index in [9.17, 15) is 0 Å². The number of H-pyrrole nitrogens is 1. The third-order valence-corrected chi connectivity index (χ3v) is 3.92. The number of nitrogens with zero attached hydrogens (tertiary/aromatic N) is 1. The number of fused-ring (bicyclic) bond motifs is 1. The standard InChI is InChI=1S/C18H21N3O/c1-22-13-8-9-16-15(12-13)14(6-2-4-10-19)18(21-16)17-7-3-5-11-20-17/h3,5,7-9,11-12,21H,2,4,6,10,19H2,1H3. The summed E-state index contributed by atoms with van der Waals surface area (Å²) in [4.78, 5) is 8.00. The van der Waals surface area contributed by atoms with Crippen LogP contribution in [0.1, 0.15) is 18.4 Å². The molecule has 0 aliphatic heterocycles. The van der Waals surface area contributed by atoms with Gasteiger partial charge in [-0.25, -0.2) is 0 Å². The van der Waals surface area contributed by atoms with E-state index >= 15 is 0 Å². The zero-order chi connectivity index (χ0) is 15.4. The minimum absolute atomic E-state index is 0.727. The van der Waals surface area contributed by atoms with Gasteiger partial charge in [0.1, 0.15) is 5.75 Å². The number of hydrogen-bond donors (Lipinski definition) is 2. The monoisotopic (exact) mass is 295 g/mol. The molecule has 0 atom stereocenters. The van der Waals surface area contributed by atoms with Crippen LogP contribution < -0.4 is 10.5 Å². The molecular weight excluding hydrogens is 274 g/mol. The van der Waals surface area contributed by atoms with Crippen molar-refractivity contribution in [2.45, 2.75) is 19.3 Å². The van der Waals surface area contributed by atoms with Crippen LogP contribution in [0.25, 0.3) is 22.3 Å². The minimum atomic E-state index is 0.727. The second kappa shape index (κ2) is 6.62. The average Bonchev–Trinajstić information content (AvgIpc) is 2.94. The number of aryl methyl sites for hydroxylation is 1. The highest BCUT2D eigenvalue weighted by atomic mass is 16.5. The number of pyridine rings is 1. The fourth-order valence-corrected chi connectivity index (χ4v) is 2.79. The molecule has 3 N–H and O–H groups in total. The van der Waals surface area contributed by atoms with Crippen molar-refractivity contribution in [3.8, 4) is 17.1 Å². The minimum Gasteiger partial charge on any atom is -0.497 e. The molecule has 0 amide bonds. The Bertz CT molecular complexity index is 750. The molecule has 2 heterocycles. The Balaban J connectivity index is 2.11. The maximum atomic E-state index is 5.64. The Morgan fingerprint density at radius 1 is 1.18 bits per heavy atom. The van der Waals surface area contributed by atoms with Crippen LogP contribution in [0.2, 0.25) is 0 Å². The number of rotatable bonds is 6. The van der Waals surface area contributed by atoms with Gasteiger partial charge in [-0.3, -0.25) is 4.98 Å². The van der Waals surface area contributed by atoms with E-state index in [2.05, 4.69) is 22.1 Å². The second-order valence-corrected chi connectivity index (χ2v) is 5.35. The van der Waals surface area contributed by atoms with E-state index in [0.717, 1.165) is 48.5 Å². The predicted molar refractivity (Wildman–Crippen MR) is 90.1 cm³/mol. The van der Waals surface area contributed by atoms with E-state index < -0.39 is 0 Å². The summed E-state index contributed by atoms with van der Waals surface area (Å²) in [6.07, 6.45) is 4.90. The molecule has 0 spiro atoms. The molecule has 3 aromatic rings. The highest BCUT2D eigenvalue weighted by Crippen LogP contribution is 2.32. The SMILES string of the molecule is COc1ccc2[nH]c(-c3ccccn3)c(CCCCN)c2c1. The molecule has 114 valence electrons. The molecule has 4 heteroatoms.